The molecule has 0 aliphatic heterocycles. The van der Waals surface area contributed by atoms with E-state index >= 15 is 0 Å². The lowest BCUT2D eigenvalue weighted by Crippen LogP contribution is -2.37. The van der Waals surface area contributed by atoms with Crippen LogP contribution in [0.15, 0.2) is 16.7 Å². The lowest BCUT2D eigenvalue weighted by molar-refractivity contribution is -0.119. The zero-order valence-electron chi connectivity index (χ0n) is 10.9. The van der Waals surface area contributed by atoms with Crippen LogP contribution in [-0.4, -0.2) is 44.7 Å². The molecule has 0 aromatic carbocycles. The third kappa shape index (κ3) is 4.62. The lowest BCUT2D eigenvalue weighted by atomic mass is 10.3. The van der Waals surface area contributed by atoms with E-state index in [-0.39, 0.29) is 12.5 Å². The molecule has 0 radical (unpaired) electrons. The van der Waals surface area contributed by atoms with Gasteiger partial charge in [0.1, 0.15) is 5.82 Å². The second-order valence-electron chi connectivity index (χ2n) is 4.02. The second-order valence-corrected chi connectivity index (χ2v) is 4.87. The number of ether oxygens (including phenoxy) is 1. The Morgan fingerprint density at radius 1 is 1.61 bits per heavy atom. The van der Waals surface area contributed by atoms with E-state index < -0.39 is 0 Å². The van der Waals surface area contributed by atoms with Gasteiger partial charge in [0.05, 0.1) is 17.6 Å². The number of nitrogens with zero attached hydrogens (tertiary/aromatic N) is 2. The van der Waals surface area contributed by atoms with Crippen molar-refractivity contribution < 1.29 is 9.53 Å². The SMILES string of the molecule is COCCNC(=O)CN(C)c1ncc(C)cc1Br. The second kappa shape index (κ2) is 7.33. The maximum Gasteiger partial charge on any atom is 0.239 e. The molecule has 0 saturated heterocycles. The third-order valence-electron chi connectivity index (χ3n) is 2.33. The Kier molecular flexibility index (Phi) is 6.07. The summed E-state index contributed by atoms with van der Waals surface area (Å²) in [7, 11) is 3.43. The summed E-state index contributed by atoms with van der Waals surface area (Å²) in [6, 6.07) is 1.97. The average molecular weight is 316 g/mol. The number of carbonyl (C=O) groups is 1. The molecule has 100 valence electrons. The van der Waals surface area contributed by atoms with Gasteiger partial charge in [-0.3, -0.25) is 4.79 Å². The van der Waals surface area contributed by atoms with E-state index in [4.69, 9.17) is 4.74 Å². The van der Waals surface area contributed by atoms with Crippen molar-refractivity contribution in [1.29, 1.82) is 0 Å². The number of aryl methyl sites for hydroxylation is 1. The molecule has 0 atom stereocenters. The van der Waals surface area contributed by atoms with Crippen LogP contribution in [0.25, 0.3) is 0 Å². The normalized spacial score (nSPS) is 10.2. The van der Waals surface area contributed by atoms with Gasteiger partial charge in [0.25, 0.3) is 0 Å². The molecule has 0 unspecified atom stereocenters. The molecule has 1 aromatic heterocycles. The van der Waals surface area contributed by atoms with Gasteiger partial charge in [0.2, 0.25) is 5.91 Å². The standard InChI is InChI=1S/C12H18BrN3O2/c1-9-6-10(13)12(15-7-9)16(2)8-11(17)14-4-5-18-3/h6-7H,4-5,8H2,1-3H3,(H,14,17). The van der Waals surface area contributed by atoms with Crippen LogP contribution < -0.4 is 10.2 Å². The summed E-state index contributed by atoms with van der Waals surface area (Å²) < 4.78 is 5.75. The highest BCUT2D eigenvalue weighted by Crippen LogP contribution is 2.23. The van der Waals surface area contributed by atoms with Crippen LogP contribution in [-0.2, 0) is 9.53 Å². The molecule has 1 heterocycles. The van der Waals surface area contributed by atoms with E-state index in [0.717, 1.165) is 15.9 Å². The Hall–Kier alpha value is -1.14. The maximum atomic E-state index is 11.6. The summed E-state index contributed by atoms with van der Waals surface area (Å²) >= 11 is 3.45. The molecule has 0 bridgehead atoms. The third-order valence-corrected chi connectivity index (χ3v) is 2.91. The molecule has 0 aliphatic rings. The fourth-order valence-corrected chi connectivity index (χ4v) is 2.21. The first kappa shape index (κ1) is 14.9. The summed E-state index contributed by atoms with van der Waals surface area (Å²) in [5.41, 5.74) is 1.07. The van der Waals surface area contributed by atoms with Crippen molar-refractivity contribution in [3.05, 3.63) is 22.3 Å². The summed E-state index contributed by atoms with van der Waals surface area (Å²) in [5.74, 6) is 0.700. The van der Waals surface area contributed by atoms with Gasteiger partial charge in [-0.05, 0) is 34.5 Å². The van der Waals surface area contributed by atoms with Crippen LogP contribution in [0.2, 0.25) is 0 Å². The predicted molar refractivity (Wildman–Crippen MR) is 74.8 cm³/mol. The van der Waals surface area contributed by atoms with Crippen molar-refractivity contribution in [1.82, 2.24) is 10.3 Å². The molecule has 5 nitrogen and oxygen atoms in total. The van der Waals surface area contributed by atoms with Gasteiger partial charge in [-0.25, -0.2) is 4.98 Å². The number of halogens is 1. The molecule has 1 amide bonds. The van der Waals surface area contributed by atoms with Gasteiger partial charge >= 0.3 is 0 Å². The molecular weight excluding hydrogens is 298 g/mol. The van der Waals surface area contributed by atoms with Crippen molar-refractivity contribution in [3.8, 4) is 0 Å². The number of carbonyl (C=O) groups excluding carboxylic acids is 1. The minimum atomic E-state index is -0.0520. The molecule has 1 rings (SSSR count). The Balaban J connectivity index is 2.54. The number of anilines is 1. The highest BCUT2D eigenvalue weighted by molar-refractivity contribution is 9.10. The first-order valence-corrected chi connectivity index (χ1v) is 6.43. The maximum absolute atomic E-state index is 11.6. The van der Waals surface area contributed by atoms with Crippen LogP contribution >= 0.6 is 15.9 Å². The monoisotopic (exact) mass is 315 g/mol. The zero-order chi connectivity index (χ0) is 13.5. The van der Waals surface area contributed by atoms with Crippen molar-refractivity contribution in [3.63, 3.8) is 0 Å². The summed E-state index contributed by atoms with van der Waals surface area (Å²) in [4.78, 5) is 17.7. The van der Waals surface area contributed by atoms with Crippen molar-refractivity contribution in [2.45, 2.75) is 6.92 Å². The van der Waals surface area contributed by atoms with Crippen molar-refractivity contribution in [2.75, 3.05) is 38.8 Å². The topological polar surface area (TPSA) is 54.5 Å². The van der Waals surface area contributed by atoms with Crippen LogP contribution in [0.3, 0.4) is 0 Å². The summed E-state index contributed by atoms with van der Waals surface area (Å²) in [6.07, 6.45) is 1.78. The molecule has 0 spiro atoms. The summed E-state index contributed by atoms with van der Waals surface area (Å²) in [6.45, 7) is 3.27. The van der Waals surface area contributed by atoms with E-state index in [2.05, 4.69) is 26.2 Å². The van der Waals surface area contributed by atoms with Crippen LogP contribution in [0.4, 0.5) is 5.82 Å². The number of hydrogen-bond acceptors (Lipinski definition) is 4. The number of aromatic nitrogens is 1. The molecule has 6 heteroatoms. The van der Waals surface area contributed by atoms with Crippen LogP contribution in [0.1, 0.15) is 5.56 Å². The van der Waals surface area contributed by atoms with E-state index in [9.17, 15) is 4.79 Å². The smallest absolute Gasteiger partial charge is 0.239 e. The molecule has 0 aliphatic carbocycles. The largest absolute Gasteiger partial charge is 0.383 e. The van der Waals surface area contributed by atoms with E-state index in [0.29, 0.717) is 13.2 Å². The molecule has 0 saturated carbocycles. The molecule has 1 N–H and O–H groups in total. The number of methoxy groups -OCH3 is 1. The lowest BCUT2D eigenvalue weighted by Gasteiger charge is -2.19. The number of nitrogens with one attached hydrogen (secondary N) is 1. The Labute approximate surface area is 116 Å². The Morgan fingerprint density at radius 3 is 2.94 bits per heavy atom. The van der Waals surface area contributed by atoms with Gasteiger partial charge in [-0.1, -0.05) is 0 Å². The van der Waals surface area contributed by atoms with Crippen molar-refractivity contribution >= 4 is 27.7 Å². The van der Waals surface area contributed by atoms with Gasteiger partial charge in [-0.15, -0.1) is 0 Å². The number of rotatable bonds is 6. The van der Waals surface area contributed by atoms with Gasteiger partial charge < -0.3 is 15.0 Å². The van der Waals surface area contributed by atoms with Crippen LogP contribution in [0, 0.1) is 6.92 Å². The number of amides is 1. The van der Waals surface area contributed by atoms with Gasteiger partial charge in [-0.2, -0.15) is 0 Å². The first-order valence-electron chi connectivity index (χ1n) is 5.63. The Morgan fingerprint density at radius 2 is 2.33 bits per heavy atom. The fourth-order valence-electron chi connectivity index (χ4n) is 1.45. The van der Waals surface area contributed by atoms with Gasteiger partial charge in [0, 0.05) is 26.9 Å². The zero-order valence-corrected chi connectivity index (χ0v) is 12.5. The van der Waals surface area contributed by atoms with Crippen molar-refractivity contribution in [2.24, 2.45) is 0 Å². The van der Waals surface area contributed by atoms with E-state index in [1.54, 1.807) is 18.2 Å². The fraction of sp³-hybridized carbons (Fsp3) is 0.500. The van der Waals surface area contributed by atoms with E-state index in [1.807, 2.05) is 20.0 Å². The quantitative estimate of drug-likeness (QED) is 0.805. The molecule has 1 aromatic rings. The Bertz CT molecular complexity index is 412. The number of pyridine rings is 1. The summed E-state index contributed by atoms with van der Waals surface area (Å²) in [5, 5.41) is 2.77. The average Bonchev–Trinajstić information content (AvgIpc) is 2.28. The number of likely N-dealkylation sites (N-methyl/N-ethyl adjacent to an activating group) is 1. The highest BCUT2D eigenvalue weighted by Gasteiger charge is 2.11. The first-order chi connectivity index (χ1) is 8.54. The predicted octanol–water partition coefficient (Wildman–Crippen LogP) is 1.35. The molecule has 0 fully saturated rings. The molecular formula is C12H18BrN3O2. The minimum absolute atomic E-state index is 0.0520. The van der Waals surface area contributed by atoms with Gasteiger partial charge in [0.15, 0.2) is 0 Å². The molecule has 18 heavy (non-hydrogen) atoms. The minimum Gasteiger partial charge on any atom is -0.383 e. The highest BCUT2D eigenvalue weighted by atomic mass is 79.9. The van der Waals surface area contributed by atoms with E-state index in [1.165, 1.54) is 0 Å². The number of hydrogen-bond donors (Lipinski definition) is 1. The van der Waals surface area contributed by atoms with Crippen LogP contribution in [0.5, 0.6) is 0 Å².